The number of guanidine groups is 1. The molecule has 0 radical (unpaired) electrons. The average Bonchev–Trinajstić information content (AvgIpc) is 3.14. The molecule has 5 aliphatic rings. The van der Waals surface area contributed by atoms with Gasteiger partial charge in [-0.05, 0) is 104 Å². The van der Waals surface area contributed by atoms with Gasteiger partial charge in [-0.1, -0.05) is 31.2 Å². The fourth-order valence-electron chi connectivity index (χ4n) is 7.18. The lowest BCUT2D eigenvalue weighted by molar-refractivity contribution is -0.129. The van der Waals surface area contributed by atoms with Crippen molar-refractivity contribution >= 4 is 45.4 Å². The van der Waals surface area contributed by atoms with Crippen molar-refractivity contribution in [2.45, 2.75) is 87.6 Å². The third-order valence-electron chi connectivity index (χ3n) is 9.33. The molecular formula is C31H42IN5O3S. The standard InChI is InChI=1S/C31H42IN5O3S/c1-20-10-12-24(13-11-20)36-14-15-37-19-25(18-36)40-27-17-31(32,28-21(2)6-4-7-22(28)3)34-30(33-27)35-41(39)26-9-5-8-23(16-26)29(37)38/h4,6-7,9,16,20,24-25,27H,5,8,10-15,17-19H2,1-3H3,(H2,33,34,35)/t20?,24?,25-,27?,31?,41?/m1/s1. The first-order valence-electron chi connectivity index (χ1n) is 15.1. The zero-order chi connectivity index (χ0) is 28.7. The van der Waals surface area contributed by atoms with E-state index in [2.05, 4.69) is 76.5 Å². The number of alkyl halides is 1. The summed E-state index contributed by atoms with van der Waals surface area (Å²) < 4.78 is 23.0. The molecule has 1 saturated carbocycles. The van der Waals surface area contributed by atoms with Crippen molar-refractivity contribution < 1.29 is 13.7 Å². The third-order valence-corrected chi connectivity index (χ3v) is 11.7. The van der Waals surface area contributed by atoms with Gasteiger partial charge in [0.05, 0.1) is 11.0 Å². The molecule has 10 heteroatoms. The quantitative estimate of drug-likeness (QED) is 0.270. The molecule has 2 N–H and O–H groups in total. The molecule has 4 atom stereocenters. The maximum Gasteiger partial charge on any atom is 0.249 e. The summed E-state index contributed by atoms with van der Waals surface area (Å²) in [5.74, 6) is 1.30. The number of allylic oxidation sites excluding steroid dienone is 2. The van der Waals surface area contributed by atoms with Crippen molar-refractivity contribution in [2.24, 2.45) is 10.9 Å². The highest BCUT2D eigenvalue weighted by atomic mass is 127. The Morgan fingerprint density at radius 1 is 1.12 bits per heavy atom. The number of carbonyl (C=O) groups excluding carboxylic acids is 1. The van der Waals surface area contributed by atoms with Crippen LogP contribution in [-0.4, -0.2) is 70.4 Å². The van der Waals surface area contributed by atoms with Crippen molar-refractivity contribution in [3.05, 3.63) is 57.5 Å². The molecule has 41 heavy (non-hydrogen) atoms. The van der Waals surface area contributed by atoms with Gasteiger partial charge < -0.3 is 15.0 Å². The van der Waals surface area contributed by atoms with Crippen molar-refractivity contribution in [1.29, 1.82) is 0 Å². The Morgan fingerprint density at radius 3 is 2.63 bits per heavy atom. The predicted octanol–water partition coefficient (Wildman–Crippen LogP) is 4.55. The van der Waals surface area contributed by atoms with E-state index in [1.807, 2.05) is 17.1 Å². The second-order valence-corrected chi connectivity index (χ2v) is 15.5. The van der Waals surface area contributed by atoms with Gasteiger partial charge in [0.1, 0.15) is 3.55 Å². The van der Waals surface area contributed by atoms with E-state index >= 15 is 0 Å². The van der Waals surface area contributed by atoms with Gasteiger partial charge in [-0.2, -0.15) is 0 Å². The number of benzene rings is 1. The average molecular weight is 692 g/mol. The fourth-order valence-corrected chi connectivity index (χ4v) is 9.58. The van der Waals surface area contributed by atoms with E-state index in [0.29, 0.717) is 49.3 Å². The van der Waals surface area contributed by atoms with Crippen molar-refractivity contribution in [3.63, 3.8) is 0 Å². The number of rotatable bonds is 2. The number of aryl methyl sites for hydroxylation is 2. The molecule has 6 rings (SSSR count). The van der Waals surface area contributed by atoms with Crippen LogP contribution in [0.15, 0.2) is 45.8 Å². The molecule has 0 aromatic heterocycles. The Labute approximate surface area is 260 Å². The van der Waals surface area contributed by atoms with Gasteiger partial charge in [0.25, 0.3) is 0 Å². The number of aliphatic imine (C=N–C) groups is 1. The topological polar surface area (TPSA) is 86.3 Å². The van der Waals surface area contributed by atoms with E-state index in [4.69, 9.17) is 9.73 Å². The van der Waals surface area contributed by atoms with Gasteiger partial charge in [0, 0.05) is 44.2 Å². The van der Waals surface area contributed by atoms with Gasteiger partial charge in [-0.3, -0.25) is 14.4 Å². The van der Waals surface area contributed by atoms with E-state index in [-0.39, 0.29) is 12.0 Å². The largest absolute Gasteiger partial charge is 0.350 e. The Balaban J connectivity index is 1.36. The zero-order valence-electron chi connectivity index (χ0n) is 24.3. The number of carbonyl (C=O) groups is 1. The van der Waals surface area contributed by atoms with E-state index < -0.39 is 20.8 Å². The molecule has 8 nitrogen and oxygen atoms in total. The number of nitrogens with zero attached hydrogens (tertiary/aromatic N) is 3. The molecule has 2 aliphatic carbocycles. The lowest BCUT2D eigenvalue weighted by atomic mass is 9.86. The summed E-state index contributed by atoms with van der Waals surface area (Å²) in [4.78, 5) is 24.0. The molecule has 222 valence electrons. The van der Waals surface area contributed by atoms with E-state index in [9.17, 15) is 9.00 Å². The van der Waals surface area contributed by atoms with Crippen LogP contribution in [0.5, 0.6) is 0 Å². The molecule has 3 aliphatic heterocycles. The lowest BCUT2D eigenvalue weighted by Gasteiger charge is -2.40. The van der Waals surface area contributed by atoms with Crippen molar-refractivity contribution in [3.8, 4) is 0 Å². The highest BCUT2D eigenvalue weighted by Gasteiger charge is 2.42. The molecule has 2 fully saturated rings. The SMILES string of the molecule is Cc1cccc(C)c1C1(I)CC2N=C(NS(=O)C3=CCCC(=C3)C(=O)N3CCN(C4CCC(C)CC4)C[C@H](C3)O2)N1. The van der Waals surface area contributed by atoms with Crippen LogP contribution >= 0.6 is 22.6 Å². The van der Waals surface area contributed by atoms with Gasteiger partial charge in [-0.15, -0.1) is 0 Å². The monoisotopic (exact) mass is 691 g/mol. The van der Waals surface area contributed by atoms with Gasteiger partial charge in [0.2, 0.25) is 11.9 Å². The second kappa shape index (κ2) is 12.1. The number of hydrogen-bond donors (Lipinski definition) is 2. The van der Waals surface area contributed by atoms with Gasteiger partial charge in [-0.25, -0.2) is 9.20 Å². The Hall–Kier alpha value is -1.76. The molecule has 6 bridgehead atoms. The highest BCUT2D eigenvalue weighted by Crippen LogP contribution is 2.41. The smallest absolute Gasteiger partial charge is 0.249 e. The minimum absolute atomic E-state index is 0.0454. The lowest BCUT2D eigenvalue weighted by Crippen LogP contribution is -2.54. The van der Waals surface area contributed by atoms with Crippen molar-refractivity contribution in [2.75, 3.05) is 26.2 Å². The summed E-state index contributed by atoms with van der Waals surface area (Å²) in [5.41, 5.74) is 4.32. The minimum Gasteiger partial charge on any atom is -0.350 e. The zero-order valence-corrected chi connectivity index (χ0v) is 27.3. The van der Waals surface area contributed by atoms with Crippen molar-refractivity contribution in [1.82, 2.24) is 19.8 Å². The van der Waals surface area contributed by atoms with Crippen LogP contribution in [0.3, 0.4) is 0 Å². The molecule has 3 unspecified atom stereocenters. The van der Waals surface area contributed by atoms with Gasteiger partial charge in [0.15, 0.2) is 17.2 Å². The highest BCUT2D eigenvalue weighted by molar-refractivity contribution is 14.1. The van der Waals surface area contributed by atoms with Crippen LogP contribution in [0.2, 0.25) is 0 Å². The molecular weight excluding hydrogens is 649 g/mol. The third kappa shape index (κ3) is 6.31. The Bertz CT molecular complexity index is 1290. The fraction of sp³-hybridized carbons (Fsp3) is 0.613. The first-order valence-corrected chi connectivity index (χ1v) is 17.3. The summed E-state index contributed by atoms with van der Waals surface area (Å²) in [6.07, 6.45) is 10.1. The van der Waals surface area contributed by atoms with Crippen LogP contribution in [0.1, 0.15) is 68.6 Å². The molecule has 1 saturated heterocycles. The van der Waals surface area contributed by atoms with E-state index in [1.165, 1.54) is 42.4 Å². The summed E-state index contributed by atoms with van der Waals surface area (Å²) in [7, 11) is -1.56. The molecule has 0 spiro atoms. The van der Waals surface area contributed by atoms with Crippen LogP contribution in [0, 0.1) is 19.8 Å². The molecule has 1 amide bonds. The summed E-state index contributed by atoms with van der Waals surface area (Å²) in [6, 6.07) is 6.89. The van der Waals surface area contributed by atoms with E-state index in [1.54, 1.807) is 0 Å². The first kappa shape index (κ1) is 29.3. The number of ether oxygens (including phenoxy) is 1. The summed E-state index contributed by atoms with van der Waals surface area (Å²) >= 11 is 2.48. The van der Waals surface area contributed by atoms with Crippen LogP contribution in [-0.2, 0) is 24.1 Å². The number of amides is 1. The number of nitrogens with one attached hydrogen (secondary N) is 2. The van der Waals surface area contributed by atoms with Crippen LogP contribution < -0.4 is 10.0 Å². The van der Waals surface area contributed by atoms with Crippen LogP contribution in [0.25, 0.3) is 0 Å². The molecule has 3 heterocycles. The van der Waals surface area contributed by atoms with E-state index in [0.717, 1.165) is 24.6 Å². The number of fused-ring (bicyclic) bond motifs is 4. The maximum atomic E-state index is 13.8. The molecule has 1 aromatic rings. The first-order chi connectivity index (χ1) is 19.7. The summed E-state index contributed by atoms with van der Waals surface area (Å²) in [6.45, 7) is 9.50. The normalized spacial score (nSPS) is 34.8. The maximum absolute atomic E-state index is 13.8. The predicted molar refractivity (Wildman–Crippen MR) is 172 cm³/mol. The Kier molecular flexibility index (Phi) is 8.64. The second-order valence-electron chi connectivity index (χ2n) is 12.4. The van der Waals surface area contributed by atoms with Gasteiger partial charge >= 0.3 is 0 Å². The minimum atomic E-state index is -1.56. The number of halogens is 1. The molecule has 1 aromatic carbocycles. The number of hydrogen-bond acceptors (Lipinski definition) is 6. The summed E-state index contributed by atoms with van der Waals surface area (Å²) in [5, 5.41) is 3.59. The Morgan fingerprint density at radius 2 is 1.88 bits per heavy atom. The van der Waals surface area contributed by atoms with Crippen LogP contribution in [0.4, 0.5) is 0 Å².